The zero-order chi connectivity index (χ0) is 16.4. The lowest BCUT2D eigenvalue weighted by Gasteiger charge is -2.32. The average Bonchev–Trinajstić information content (AvgIpc) is 2.85. The molecular weight excluding hydrogens is 292 g/mol. The molecule has 122 valence electrons. The lowest BCUT2D eigenvalue weighted by atomic mass is 9.90. The fourth-order valence-corrected chi connectivity index (χ4v) is 3.26. The van der Waals surface area contributed by atoms with Crippen LogP contribution in [-0.4, -0.2) is 43.8 Å². The van der Waals surface area contributed by atoms with Gasteiger partial charge in [0.05, 0.1) is 12.1 Å². The average molecular weight is 314 g/mol. The molecule has 1 aliphatic rings. The standard InChI is InChI=1S/C17H22N4O2/c1-12-18-16(20(2)19-12)11-21-9-3-4-15(10-21)13-5-7-14(8-6-13)17(22)23/h5-8,15H,3-4,9-11H2,1-2H3,(H,22,23). The molecule has 1 N–H and O–H groups in total. The zero-order valence-electron chi connectivity index (χ0n) is 13.6. The maximum Gasteiger partial charge on any atom is 0.335 e. The van der Waals surface area contributed by atoms with Crippen LogP contribution in [0.25, 0.3) is 0 Å². The number of aromatic carboxylic acids is 1. The summed E-state index contributed by atoms with van der Waals surface area (Å²) >= 11 is 0. The fourth-order valence-electron chi connectivity index (χ4n) is 3.26. The highest BCUT2D eigenvalue weighted by atomic mass is 16.4. The Kier molecular flexibility index (Phi) is 4.43. The molecule has 1 aromatic carbocycles. The SMILES string of the molecule is Cc1nc(CN2CCCC(c3ccc(C(=O)O)cc3)C2)n(C)n1. The molecule has 0 spiro atoms. The van der Waals surface area contributed by atoms with Gasteiger partial charge in [0.2, 0.25) is 0 Å². The number of likely N-dealkylation sites (tertiary alicyclic amines) is 1. The third kappa shape index (κ3) is 3.59. The predicted molar refractivity (Wildman–Crippen MR) is 86.4 cm³/mol. The first-order valence-corrected chi connectivity index (χ1v) is 7.95. The third-order valence-electron chi connectivity index (χ3n) is 4.46. The third-order valence-corrected chi connectivity index (χ3v) is 4.46. The number of hydrogen-bond acceptors (Lipinski definition) is 4. The minimum absolute atomic E-state index is 0.343. The van der Waals surface area contributed by atoms with E-state index in [1.807, 2.05) is 30.8 Å². The number of hydrogen-bond donors (Lipinski definition) is 1. The van der Waals surface area contributed by atoms with Crippen LogP contribution in [0.1, 0.15) is 46.3 Å². The highest BCUT2D eigenvalue weighted by molar-refractivity contribution is 5.87. The van der Waals surface area contributed by atoms with E-state index in [9.17, 15) is 4.79 Å². The van der Waals surface area contributed by atoms with Crippen LogP contribution in [0.2, 0.25) is 0 Å². The molecule has 1 fully saturated rings. The molecule has 1 unspecified atom stereocenters. The van der Waals surface area contributed by atoms with Gasteiger partial charge in [-0.1, -0.05) is 12.1 Å². The number of benzene rings is 1. The minimum atomic E-state index is -0.875. The van der Waals surface area contributed by atoms with Crippen LogP contribution in [0.4, 0.5) is 0 Å². The predicted octanol–water partition coefficient (Wildman–Crippen LogP) is 2.20. The van der Waals surface area contributed by atoms with Gasteiger partial charge in [-0.05, 0) is 49.9 Å². The van der Waals surface area contributed by atoms with Gasteiger partial charge in [-0.15, -0.1) is 0 Å². The monoisotopic (exact) mass is 314 g/mol. The number of rotatable bonds is 4. The first-order chi connectivity index (χ1) is 11.0. The molecule has 0 bridgehead atoms. The van der Waals surface area contributed by atoms with Crippen molar-refractivity contribution in [3.63, 3.8) is 0 Å². The topological polar surface area (TPSA) is 71.2 Å². The van der Waals surface area contributed by atoms with Gasteiger partial charge in [-0.25, -0.2) is 9.78 Å². The van der Waals surface area contributed by atoms with Gasteiger partial charge in [-0.3, -0.25) is 9.58 Å². The maximum absolute atomic E-state index is 11.0. The van der Waals surface area contributed by atoms with E-state index < -0.39 is 5.97 Å². The van der Waals surface area contributed by atoms with Crippen molar-refractivity contribution >= 4 is 5.97 Å². The van der Waals surface area contributed by atoms with E-state index in [-0.39, 0.29) is 0 Å². The second-order valence-corrected chi connectivity index (χ2v) is 6.20. The zero-order valence-corrected chi connectivity index (χ0v) is 13.6. The van der Waals surface area contributed by atoms with E-state index in [2.05, 4.69) is 15.0 Å². The second-order valence-electron chi connectivity index (χ2n) is 6.20. The summed E-state index contributed by atoms with van der Waals surface area (Å²) in [5, 5.41) is 13.3. The van der Waals surface area contributed by atoms with Crippen molar-refractivity contribution in [1.82, 2.24) is 19.7 Å². The highest BCUT2D eigenvalue weighted by Crippen LogP contribution is 2.27. The van der Waals surface area contributed by atoms with Gasteiger partial charge in [-0.2, -0.15) is 5.10 Å². The van der Waals surface area contributed by atoms with Gasteiger partial charge < -0.3 is 5.11 Å². The van der Waals surface area contributed by atoms with Gasteiger partial charge in [0.25, 0.3) is 0 Å². The number of carboxylic acids is 1. The smallest absolute Gasteiger partial charge is 0.335 e. The molecule has 0 amide bonds. The number of aromatic nitrogens is 3. The number of nitrogens with zero attached hydrogens (tertiary/aromatic N) is 4. The second kappa shape index (κ2) is 6.50. The molecule has 1 atom stereocenters. The molecule has 2 aromatic rings. The highest BCUT2D eigenvalue weighted by Gasteiger charge is 2.22. The number of carboxylic acid groups (broad SMARTS) is 1. The lowest BCUT2D eigenvalue weighted by molar-refractivity contribution is 0.0697. The van der Waals surface area contributed by atoms with E-state index >= 15 is 0 Å². The van der Waals surface area contributed by atoms with Crippen LogP contribution >= 0.6 is 0 Å². The van der Waals surface area contributed by atoms with Crippen molar-refractivity contribution in [2.75, 3.05) is 13.1 Å². The van der Waals surface area contributed by atoms with Crippen LogP contribution in [0.3, 0.4) is 0 Å². The van der Waals surface area contributed by atoms with Crippen LogP contribution in [0, 0.1) is 6.92 Å². The Hall–Kier alpha value is -2.21. The summed E-state index contributed by atoms with van der Waals surface area (Å²) in [5.74, 6) is 1.37. The summed E-state index contributed by atoms with van der Waals surface area (Å²) < 4.78 is 1.85. The molecule has 3 rings (SSSR count). The van der Waals surface area contributed by atoms with Gasteiger partial charge in [0.1, 0.15) is 11.6 Å². The Morgan fingerprint density at radius 3 is 2.70 bits per heavy atom. The Balaban J connectivity index is 1.68. The van der Waals surface area contributed by atoms with Crippen molar-refractivity contribution in [3.8, 4) is 0 Å². The number of carbonyl (C=O) groups is 1. The lowest BCUT2D eigenvalue weighted by Crippen LogP contribution is -2.34. The molecule has 6 heteroatoms. The van der Waals surface area contributed by atoms with Crippen LogP contribution < -0.4 is 0 Å². The Morgan fingerprint density at radius 2 is 2.09 bits per heavy atom. The van der Waals surface area contributed by atoms with E-state index in [0.717, 1.165) is 44.1 Å². The molecule has 1 saturated heterocycles. The van der Waals surface area contributed by atoms with Crippen LogP contribution in [-0.2, 0) is 13.6 Å². The molecule has 23 heavy (non-hydrogen) atoms. The fraction of sp³-hybridized carbons (Fsp3) is 0.471. The summed E-state index contributed by atoms with van der Waals surface area (Å²) in [5.41, 5.74) is 1.56. The summed E-state index contributed by atoms with van der Waals surface area (Å²) in [6, 6.07) is 7.29. The van der Waals surface area contributed by atoms with Crippen molar-refractivity contribution in [2.45, 2.75) is 32.2 Å². The quantitative estimate of drug-likeness (QED) is 0.937. The summed E-state index contributed by atoms with van der Waals surface area (Å²) in [7, 11) is 1.93. The van der Waals surface area contributed by atoms with E-state index in [4.69, 9.17) is 5.11 Å². The molecule has 6 nitrogen and oxygen atoms in total. The summed E-state index contributed by atoms with van der Waals surface area (Å²) in [4.78, 5) is 17.8. The van der Waals surface area contributed by atoms with Crippen LogP contribution in [0.15, 0.2) is 24.3 Å². The van der Waals surface area contributed by atoms with Crippen molar-refractivity contribution in [2.24, 2.45) is 7.05 Å². The van der Waals surface area contributed by atoms with Crippen LogP contribution in [0.5, 0.6) is 0 Å². The Morgan fingerprint density at radius 1 is 1.35 bits per heavy atom. The Bertz CT molecular complexity index is 693. The molecule has 2 heterocycles. The van der Waals surface area contributed by atoms with Gasteiger partial charge in [0, 0.05) is 13.6 Å². The molecule has 0 aliphatic carbocycles. The molecule has 0 radical (unpaired) electrons. The van der Waals surface area contributed by atoms with Gasteiger partial charge in [0.15, 0.2) is 0 Å². The Labute approximate surface area is 135 Å². The van der Waals surface area contributed by atoms with E-state index in [1.54, 1.807) is 12.1 Å². The molecule has 1 aliphatic heterocycles. The van der Waals surface area contributed by atoms with E-state index in [1.165, 1.54) is 5.56 Å². The molecule has 0 saturated carbocycles. The largest absolute Gasteiger partial charge is 0.478 e. The summed E-state index contributed by atoms with van der Waals surface area (Å²) in [6.07, 6.45) is 2.28. The van der Waals surface area contributed by atoms with Crippen molar-refractivity contribution in [1.29, 1.82) is 0 Å². The van der Waals surface area contributed by atoms with Gasteiger partial charge >= 0.3 is 5.97 Å². The summed E-state index contributed by atoms with van der Waals surface area (Å²) in [6.45, 7) is 4.75. The minimum Gasteiger partial charge on any atom is -0.478 e. The van der Waals surface area contributed by atoms with Crippen molar-refractivity contribution < 1.29 is 9.90 Å². The van der Waals surface area contributed by atoms with E-state index in [0.29, 0.717) is 11.5 Å². The first-order valence-electron chi connectivity index (χ1n) is 7.95. The maximum atomic E-state index is 11.0. The first kappa shape index (κ1) is 15.7. The number of aryl methyl sites for hydroxylation is 2. The van der Waals surface area contributed by atoms with Crippen molar-refractivity contribution in [3.05, 3.63) is 47.0 Å². The normalized spacial score (nSPS) is 19.0. The molecular formula is C17H22N4O2. The number of piperidine rings is 1. The molecule has 1 aromatic heterocycles.